The molecule has 4 rings (SSSR count). The molecule has 2 amide bonds. The largest absolute Gasteiger partial charge is 0.378 e. The van der Waals surface area contributed by atoms with Crippen molar-refractivity contribution in [3.8, 4) is 0 Å². The smallest absolute Gasteiger partial charge is 0.274 e. The highest BCUT2D eigenvalue weighted by atomic mass is 32.1. The number of rotatable bonds is 2. The quantitative estimate of drug-likeness (QED) is 0.618. The molecule has 2 aliphatic rings. The van der Waals surface area contributed by atoms with Gasteiger partial charge in [-0.2, -0.15) is 0 Å². The normalized spacial score (nSPS) is 18.9. The van der Waals surface area contributed by atoms with Gasteiger partial charge in [-0.3, -0.25) is 19.8 Å². The maximum atomic E-state index is 12.4. The van der Waals surface area contributed by atoms with Gasteiger partial charge in [0.1, 0.15) is 11.5 Å². The van der Waals surface area contributed by atoms with Crippen LogP contribution in [0, 0.1) is 6.92 Å². The maximum Gasteiger partial charge on any atom is 0.274 e. The number of aromatic nitrogens is 1. The third-order valence-corrected chi connectivity index (χ3v) is 5.16. The lowest BCUT2D eigenvalue weighted by atomic mass is 10.1. The standard InChI is InChI=1S/C20H20N4O3S/c1-12-4-3-5-14-10-15(11-16-19(26)22-20(28)24(16)13(2)25)18(21-17(12)14)23-6-8-27-9-7-23/h3-5,10-11H,6-9H2,1-2H3,(H,22,26,28). The molecule has 2 saturated heterocycles. The summed E-state index contributed by atoms with van der Waals surface area (Å²) in [6.07, 6.45) is 1.69. The van der Waals surface area contributed by atoms with Crippen molar-refractivity contribution in [3.63, 3.8) is 0 Å². The molecule has 2 aromatic rings. The van der Waals surface area contributed by atoms with E-state index in [0.717, 1.165) is 27.8 Å². The highest BCUT2D eigenvalue weighted by molar-refractivity contribution is 7.80. The van der Waals surface area contributed by atoms with Gasteiger partial charge in [0.05, 0.1) is 18.7 Å². The minimum absolute atomic E-state index is 0.0984. The Morgan fingerprint density at radius 3 is 2.79 bits per heavy atom. The number of nitrogens with zero attached hydrogens (tertiary/aromatic N) is 3. The average Bonchev–Trinajstić information content (AvgIpc) is 2.95. The molecule has 3 heterocycles. The van der Waals surface area contributed by atoms with Crippen molar-refractivity contribution in [2.75, 3.05) is 31.2 Å². The van der Waals surface area contributed by atoms with Gasteiger partial charge in [0.2, 0.25) is 5.91 Å². The molecule has 8 heteroatoms. The Morgan fingerprint density at radius 1 is 1.32 bits per heavy atom. The fraction of sp³-hybridized carbons (Fsp3) is 0.300. The van der Waals surface area contributed by atoms with E-state index in [0.29, 0.717) is 26.3 Å². The molecule has 28 heavy (non-hydrogen) atoms. The van der Waals surface area contributed by atoms with Crippen LogP contribution >= 0.6 is 12.2 Å². The Morgan fingerprint density at radius 2 is 2.07 bits per heavy atom. The molecule has 1 aromatic carbocycles. The number of aryl methyl sites for hydroxylation is 1. The molecule has 7 nitrogen and oxygen atoms in total. The second-order valence-corrected chi connectivity index (χ2v) is 7.18. The number of hydrogen-bond donors (Lipinski definition) is 1. The number of carbonyl (C=O) groups is 2. The maximum absolute atomic E-state index is 12.4. The van der Waals surface area contributed by atoms with E-state index in [1.54, 1.807) is 6.08 Å². The predicted molar refractivity (Wildman–Crippen MR) is 111 cm³/mol. The molecule has 0 radical (unpaired) electrons. The van der Waals surface area contributed by atoms with E-state index in [4.69, 9.17) is 21.9 Å². The summed E-state index contributed by atoms with van der Waals surface area (Å²) in [4.78, 5) is 32.7. The monoisotopic (exact) mass is 396 g/mol. The summed E-state index contributed by atoms with van der Waals surface area (Å²) in [6, 6.07) is 7.99. The first-order valence-corrected chi connectivity index (χ1v) is 9.47. The fourth-order valence-electron chi connectivity index (χ4n) is 3.51. The number of para-hydroxylation sites is 1. The first-order valence-electron chi connectivity index (χ1n) is 9.06. The zero-order chi connectivity index (χ0) is 19.8. The molecular formula is C20H20N4O3S. The number of anilines is 1. The second kappa shape index (κ2) is 7.29. The average molecular weight is 396 g/mol. The van der Waals surface area contributed by atoms with Crippen LogP contribution in [0.25, 0.3) is 17.0 Å². The zero-order valence-electron chi connectivity index (χ0n) is 15.7. The molecule has 0 saturated carbocycles. The molecule has 0 spiro atoms. The van der Waals surface area contributed by atoms with Gasteiger partial charge in [-0.05, 0) is 36.8 Å². The van der Waals surface area contributed by atoms with Crippen molar-refractivity contribution >= 4 is 51.9 Å². The molecule has 144 valence electrons. The topological polar surface area (TPSA) is 74.8 Å². The first kappa shape index (κ1) is 18.5. The summed E-state index contributed by atoms with van der Waals surface area (Å²) in [5.74, 6) is 0.0660. The molecule has 2 fully saturated rings. The van der Waals surface area contributed by atoms with Gasteiger partial charge >= 0.3 is 0 Å². The van der Waals surface area contributed by atoms with Gasteiger partial charge in [-0.1, -0.05) is 18.2 Å². The van der Waals surface area contributed by atoms with Gasteiger partial charge < -0.3 is 9.64 Å². The number of benzene rings is 1. The Hall–Kier alpha value is -2.84. The lowest BCUT2D eigenvalue weighted by Crippen LogP contribution is -2.37. The summed E-state index contributed by atoms with van der Waals surface area (Å²) in [6.45, 7) is 6.06. The van der Waals surface area contributed by atoms with Crippen LogP contribution in [0.1, 0.15) is 18.1 Å². The number of amides is 2. The van der Waals surface area contributed by atoms with Gasteiger partial charge in [-0.25, -0.2) is 4.98 Å². The van der Waals surface area contributed by atoms with Crippen molar-refractivity contribution in [3.05, 3.63) is 41.1 Å². The molecule has 0 atom stereocenters. The van der Waals surface area contributed by atoms with Gasteiger partial charge in [0, 0.05) is 31.0 Å². The summed E-state index contributed by atoms with van der Waals surface area (Å²) in [7, 11) is 0. The van der Waals surface area contributed by atoms with E-state index in [9.17, 15) is 9.59 Å². The van der Waals surface area contributed by atoms with Crippen molar-refractivity contribution in [1.82, 2.24) is 15.2 Å². The van der Waals surface area contributed by atoms with Crippen LogP contribution in [0.2, 0.25) is 0 Å². The molecule has 0 aliphatic carbocycles. The number of thiocarbonyl (C=S) groups is 1. The van der Waals surface area contributed by atoms with Gasteiger partial charge in [0.25, 0.3) is 5.91 Å². The van der Waals surface area contributed by atoms with Crippen molar-refractivity contribution in [1.29, 1.82) is 0 Å². The van der Waals surface area contributed by atoms with Crippen molar-refractivity contribution < 1.29 is 14.3 Å². The van der Waals surface area contributed by atoms with Gasteiger partial charge in [-0.15, -0.1) is 0 Å². The molecule has 1 aromatic heterocycles. The van der Waals surface area contributed by atoms with E-state index >= 15 is 0 Å². The first-order chi connectivity index (χ1) is 13.5. The number of nitrogens with one attached hydrogen (secondary N) is 1. The van der Waals surface area contributed by atoms with Crippen molar-refractivity contribution in [2.45, 2.75) is 13.8 Å². The Labute approximate surface area is 168 Å². The summed E-state index contributed by atoms with van der Waals surface area (Å²) in [5, 5.41) is 3.61. The van der Waals surface area contributed by atoms with Crippen LogP contribution in [-0.2, 0) is 14.3 Å². The van der Waals surface area contributed by atoms with E-state index in [2.05, 4.69) is 10.2 Å². The Kier molecular flexibility index (Phi) is 4.82. The number of pyridine rings is 1. The van der Waals surface area contributed by atoms with E-state index in [1.165, 1.54) is 11.8 Å². The van der Waals surface area contributed by atoms with Crippen LogP contribution in [0.4, 0.5) is 5.82 Å². The molecule has 1 N–H and O–H groups in total. The molecule has 0 unspecified atom stereocenters. The Bertz CT molecular complexity index is 1030. The predicted octanol–water partition coefficient (Wildman–Crippen LogP) is 1.98. The summed E-state index contributed by atoms with van der Waals surface area (Å²) >= 11 is 5.13. The van der Waals surface area contributed by atoms with Crippen LogP contribution in [0.5, 0.6) is 0 Å². The van der Waals surface area contributed by atoms with Crippen LogP contribution in [0.15, 0.2) is 30.0 Å². The Balaban J connectivity index is 1.90. The zero-order valence-corrected chi connectivity index (χ0v) is 16.5. The van der Waals surface area contributed by atoms with Gasteiger partial charge in [0.15, 0.2) is 5.11 Å². The fourth-order valence-corrected chi connectivity index (χ4v) is 3.83. The van der Waals surface area contributed by atoms with E-state index in [-0.39, 0.29) is 16.7 Å². The number of fused-ring (bicyclic) bond motifs is 1. The third kappa shape index (κ3) is 3.25. The number of hydrogen-bond acceptors (Lipinski definition) is 6. The summed E-state index contributed by atoms with van der Waals surface area (Å²) < 4.78 is 5.47. The van der Waals surface area contributed by atoms with Crippen LogP contribution < -0.4 is 10.2 Å². The highest BCUT2D eigenvalue weighted by Gasteiger charge is 2.33. The van der Waals surface area contributed by atoms with E-state index < -0.39 is 5.91 Å². The number of ether oxygens (including phenoxy) is 1. The minimum atomic E-state index is -0.391. The minimum Gasteiger partial charge on any atom is -0.378 e. The number of carbonyl (C=O) groups excluding carboxylic acids is 2. The molecule has 0 bridgehead atoms. The number of morpholine rings is 1. The summed E-state index contributed by atoms with van der Waals surface area (Å²) in [5.41, 5.74) is 2.97. The third-order valence-electron chi connectivity index (χ3n) is 4.87. The van der Waals surface area contributed by atoms with Crippen molar-refractivity contribution in [2.24, 2.45) is 0 Å². The van der Waals surface area contributed by atoms with Crippen LogP contribution in [-0.4, -0.2) is 53.1 Å². The lowest BCUT2D eigenvalue weighted by Gasteiger charge is -2.29. The second-order valence-electron chi connectivity index (χ2n) is 6.79. The highest BCUT2D eigenvalue weighted by Crippen LogP contribution is 2.29. The molecular weight excluding hydrogens is 376 g/mol. The lowest BCUT2D eigenvalue weighted by molar-refractivity contribution is -0.125. The van der Waals surface area contributed by atoms with E-state index in [1.807, 2.05) is 31.2 Å². The molecule has 2 aliphatic heterocycles. The van der Waals surface area contributed by atoms with Crippen LogP contribution in [0.3, 0.4) is 0 Å². The SMILES string of the molecule is CC(=O)N1C(=S)NC(=O)C1=Cc1cc2cccc(C)c2nc1N1CCOCC1.